The molecule has 4 heteroatoms. The minimum atomic E-state index is -0.873. The van der Waals surface area contributed by atoms with Gasteiger partial charge in [0.05, 0.1) is 18.8 Å². The van der Waals surface area contributed by atoms with Crippen LogP contribution in [0.15, 0.2) is 72.9 Å². The second-order valence-electron chi connectivity index (χ2n) is 11.9. The Hall–Kier alpha value is -2.17. The Morgan fingerprint density at radius 2 is 1.05 bits per heavy atom. The zero-order chi connectivity index (χ0) is 32.2. The fraction of sp³-hybridized carbons (Fsp3) is 0.675. The van der Waals surface area contributed by atoms with Gasteiger partial charge < -0.3 is 15.5 Å². The molecule has 0 heterocycles. The molecule has 0 radical (unpaired) electrons. The SMILES string of the molecule is C/C=C/CC/C=C/CC/C=C/C(O)C(CO)NC(=O)CCCCCCCCCC/C=C\C/C=C\C/C=C\CCCCCCC. The number of rotatable bonds is 31. The fourth-order valence-electron chi connectivity index (χ4n) is 4.93. The number of hydrogen-bond donors (Lipinski definition) is 3. The van der Waals surface area contributed by atoms with E-state index in [1.165, 1.54) is 77.0 Å². The van der Waals surface area contributed by atoms with Crippen molar-refractivity contribution in [1.82, 2.24) is 5.32 Å². The van der Waals surface area contributed by atoms with Gasteiger partial charge in [0.2, 0.25) is 5.91 Å². The van der Waals surface area contributed by atoms with Crippen molar-refractivity contribution in [2.75, 3.05) is 6.61 Å². The normalized spacial score (nSPS) is 14.0. The largest absolute Gasteiger partial charge is 0.394 e. The maximum Gasteiger partial charge on any atom is 0.220 e. The number of hydrogen-bond acceptors (Lipinski definition) is 3. The van der Waals surface area contributed by atoms with Gasteiger partial charge in [0.15, 0.2) is 0 Å². The molecule has 0 aliphatic heterocycles. The summed E-state index contributed by atoms with van der Waals surface area (Å²) in [6.45, 7) is 4.02. The molecule has 0 spiro atoms. The van der Waals surface area contributed by atoms with Crippen LogP contribution in [-0.4, -0.2) is 34.9 Å². The van der Waals surface area contributed by atoms with E-state index in [0.29, 0.717) is 6.42 Å². The van der Waals surface area contributed by atoms with Crippen LogP contribution in [0.25, 0.3) is 0 Å². The zero-order valence-corrected chi connectivity index (χ0v) is 28.6. The van der Waals surface area contributed by atoms with Gasteiger partial charge >= 0.3 is 0 Å². The number of aliphatic hydroxyl groups excluding tert-OH is 2. The van der Waals surface area contributed by atoms with Crippen LogP contribution in [0, 0.1) is 0 Å². The van der Waals surface area contributed by atoms with E-state index in [1.54, 1.807) is 6.08 Å². The first kappa shape index (κ1) is 41.8. The number of amides is 1. The highest BCUT2D eigenvalue weighted by molar-refractivity contribution is 5.76. The molecule has 2 unspecified atom stereocenters. The summed E-state index contributed by atoms with van der Waals surface area (Å²) in [7, 11) is 0. The van der Waals surface area contributed by atoms with Crippen molar-refractivity contribution in [3.05, 3.63) is 72.9 Å². The third kappa shape index (κ3) is 31.3. The minimum Gasteiger partial charge on any atom is -0.394 e. The summed E-state index contributed by atoms with van der Waals surface area (Å²) in [6.07, 6.45) is 50.1. The average molecular weight is 612 g/mol. The standard InChI is InChI=1S/C40H69NO3/c1-3-5-7-9-11-13-14-15-16-17-18-19-20-21-22-23-24-25-26-28-30-32-34-36-40(44)41-38(37-42)39(43)35-33-31-29-27-12-10-8-6-4-2/h4,6,12,14-15,17-18,20-21,27,33,35,38-39,42-43H,3,5,7-11,13,16,19,22-26,28-32,34,36-37H2,1-2H3,(H,41,44)/b6-4+,15-14-,18-17-,21-20-,27-12+,35-33+. The molecule has 0 aliphatic carbocycles. The van der Waals surface area contributed by atoms with Crippen LogP contribution >= 0.6 is 0 Å². The number of aliphatic hydroxyl groups is 2. The van der Waals surface area contributed by atoms with Gasteiger partial charge in [-0.1, -0.05) is 144 Å². The Balaban J connectivity index is 3.64. The van der Waals surface area contributed by atoms with Crippen LogP contribution < -0.4 is 5.32 Å². The molecule has 0 fully saturated rings. The second-order valence-corrected chi connectivity index (χ2v) is 11.9. The molecular formula is C40H69NO3. The van der Waals surface area contributed by atoms with Crippen LogP contribution in [-0.2, 0) is 4.79 Å². The summed E-state index contributed by atoms with van der Waals surface area (Å²) in [6, 6.07) is -0.650. The smallest absolute Gasteiger partial charge is 0.220 e. The molecule has 0 saturated heterocycles. The summed E-state index contributed by atoms with van der Waals surface area (Å²) in [5, 5.41) is 22.7. The molecular weight excluding hydrogens is 542 g/mol. The van der Waals surface area contributed by atoms with Crippen molar-refractivity contribution >= 4 is 5.91 Å². The lowest BCUT2D eigenvalue weighted by Crippen LogP contribution is -2.45. The molecule has 0 aliphatic rings. The van der Waals surface area contributed by atoms with Gasteiger partial charge in [0.1, 0.15) is 0 Å². The van der Waals surface area contributed by atoms with Crippen LogP contribution in [0.3, 0.4) is 0 Å². The second kappa shape index (κ2) is 35.3. The molecule has 0 bridgehead atoms. The van der Waals surface area contributed by atoms with Crippen LogP contribution in [0.4, 0.5) is 0 Å². The summed E-state index contributed by atoms with van der Waals surface area (Å²) < 4.78 is 0. The molecule has 0 aromatic rings. The number of unbranched alkanes of at least 4 members (excludes halogenated alkanes) is 15. The van der Waals surface area contributed by atoms with Crippen LogP contribution in [0.2, 0.25) is 0 Å². The quantitative estimate of drug-likeness (QED) is 0.0539. The minimum absolute atomic E-state index is 0.0931. The van der Waals surface area contributed by atoms with Crippen molar-refractivity contribution in [3.8, 4) is 0 Å². The van der Waals surface area contributed by atoms with Gasteiger partial charge in [-0.2, -0.15) is 0 Å². The number of carbonyl (C=O) groups excluding carboxylic acids is 1. The van der Waals surface area contributed by atoms with Crippen molar-refractivity contribution in [2.24, 2.45) is 0 Å². The highest BCUT2D eigenvalue weighted by atomic mass is 16.3. The molecule has 44 heavy (non-hydrogen) atoms. The molecule has 1 amide bonds. The molecule has 2 atom stereocenters. The van der Waals surface area contributed by atoms with Crippen molar-refractivity contribution in [3.63, 3.8) is 0 Å². The van der Waals surface area contributed by atoms with E-state index in [0.717, 1.165) is 57.8 Å². The van der Waals surface area contributed by atoms with Gasteiger partial charge in [-0.05, 0) is 77.6 Å². The molecule has 4 nitrogen and oxygen atoms in total. The summed E-state index contributed by atoms with van der Waals surface area (Å²) in [5.74, 6) is -0.0931. The number of carbonyl (C=O) groups is 1. The maximum atomic E-state index is 12.3. The maximum absolute atomic E-state index is 12.3. The summed E-state index contributed by atoms with van der Waals surface area (Å²) in [4.78, 5) is 12.3. The molecule has 252 valence electrons. The Bertz CT molecular complexity index is 792. The topological polar surface area (TPSA) is 69.6 Å². The Labute approximate surface area is 272 Å². The van der Waals surface area contributed by atoms with Crippen molar-refractivity contribution in [1.29, 1.82) is 0 Å². The van der Waals surface area contributed by atoms with E-state index >= 15 is 0 Å². The predicted octanol–water partition coefficient (Wildman–Crippen LogP) is 10.8. The molecule has 0 saturated carbocycles. The Kier molecular flexibility index (Phi) is 33.6. The van der Waals surface area contributed by atoms with E-state index < -0.39 is 12.1 Å². The van der Waals surface area contributed by atoms with Gasteiger partial charge in [-0.15, -0.1) is 0 Å². The van der Waals surface area contributed by atoms with E-state index in [-0.39, 0.29) is 12.5 Å². The fourth-order valence-corrected chi connectivity index (χ4v) is 4.93. The van der Waals surface area contributed by atoms with Crippen LogP contribution in [0.5, 0.6) is 0 Å². The molecule has 0 aromatic heterocycles. The van der Waals surface area contributed by atoms with Crippen molar-refractivity contribution < 1.29 is 15.0 Å². The highest BCUT2D eigenvalue weighted by Crippen LogP contribution is 2.11. The van der Waals surface area contributed by atoms with Crippen LogP contribution in [0.1, 0.15) is 155 Å². The van der Waals surface area contributed by atoms with Gasteiger partial charge in [0, 0.05) is 6.42 Å². The highest BCUT2D eigenvalue weighted by Gasteiger charge is 2.17. The van der Waals surface area contributed by atoms with Gasteiger partial charge in [-0.25, -0.2) is 0 Å². The first-order valence-electron chi connectivity index (χ1n) is 18.1. The first-order chi connectivity index (χ1) is 21.7. The summed E-state index contributed by atoms with van der Waals surface area (Å²) >= 11 is 0. The Morgan fingerprint density at radius 3 is 1.59 bits per heavy atom. The average Bonchev–Trinajstić information content (AvgIpc) is 3.03. The van der Waals surface area contributed by atoms with E-state index in [1.807, 2.05) is 13.0 Å². The third-order valence-corrected chi connectivity index (χ3v) is 7.73. The lowest BCUT2D eigenvalue weighted by atomic mass is 10.1. The Morgan fingerprint density at radius 1 is 0.591 bits per heavy atom. The van der Waals surface area contributed by atoms with E-state index in [4.69, 9.17) is 0 Å². The number of allylic oxidation sites excluding steroid dienone is 11. The first-order valence-corrected chi connectivity index (χ1v) is 18.1. The third-order valence-electron chi connectivity index (χ3n) is 7.73. The number of nitrogens with one attached hydrogen (secondary N) is 1. The van der Waals surface area contributed by atoms with Gasteiger partial charge in [0.25, 0.3) is 0 Å². The monoisotopic (exact) mass is 612 g/mol. The molecule has 0 aromatic carbocycles. The van der Waals surface area contributed by atoms with Gasteiger partial charge in [-0.3, -0.25) is 4.79 Å². The van der Waals surface area contributed by atoms with E-state index in [2.05, 4.69) is 73.0 Å². The molecule has 0 rings (SSSR count). The predicted molar refractivity (Wildman–Crippen MR) is 193 cm³/mol. The van der Waals surface area contributed by atoms with E-state index in [9.17, 15) is 15.0 Å². The zero-order valence-electron chi connectivity index (χ0n) is 28.6. The molecule has 3 N–H and O–H groups in total. The lowest BCUT2D eigenvalue weighted by Gasteiger charge is -2.19. The summed E-state index contributed by atoms with van der Waals surface area (Å²) in [5.41, 5.74) is 0. The van der Waals surface area contributed by atoms with Crippen molar-refractivity contribution in [2.45, 2.75) is 167 Å². The lowest BCUT2D eigenvalue weighted by molar-refractivity contribution is -0.123.